The van der Waals surface area contributed by atoms with Crippen LogP contribution in [0.1, 0.15) is 19.3 Å². The number of hydrogen-bond acceptors (Lipinski definition) is 4. The molecule has 0 spiro atoms. The molecule has 0 aromatic rings. The number of aliphatic hydroxyl groups is 1. The molecule has 0 aliphatic carbocycles. The maximum atomic E-state index is 9.92. The Morgan fingerprint density at radius 3 is 2.73 bits per heavy atom. The van der Waals surface area contributed by atoms with Crippen molar-refractivity contribution in [2.24, 2.45) is 11.1 Å². The molecule has 0 aromatic heterocycles. The summed E-state index contributed by atoms with van der Waals surface area (Å²) in [4.78, 5) is 2.00. The number of ether oxygens (including phenoxy) is 1. The molecule has 0 bridgehead atoms. The molecule has 4 heteroatoms. The van der Waals surface area contributed by atoms with Crippen molar-refractivity contribution in [1.82, 2.24) is 4.90 Å². The molecule has 15 heavy (non-hydrogen) atoms. The number of rotatable bonds is 5. The van der Waals surface area contributed by atoms with Gasteiger partial charge in [0.15, 0.2) is 0 Å². The van der Waals surface area contributed by atoms with Gasteiger partial charge in [-0.05, 0) is 33.4 Å². The second-order valence-corrected chi connectivity index (χ2v) is 4.98. The van der Waals surface area contributed by atoms with Gasteiger partial charge in [-0.1, -0.05) is 0 Å². The van der Waals surface area contributed by atoms with E-state index in [0.29, 0.717) is 19.7 Å². The smallest absolute Gasteiger partial charge is 0.0673 e. The van der Waals surface area contributed by atoms with Crippen LogP contribution in [0.3, 0.4) is 0 Å². The molecule has 1 rings (SSSR count). The van der Waals surface area contributed by atoms with Gasteiger partial charge in [0.1, 0.15) is 0 Å². The molecule has 0 radical (unpaired) electrons. The first-order chi connectivity index (χ1) is 7.08. The van der Waals surface area contributed by atoms with Crippen LogP contribution >= 0.6 is 0 Å². The first-order valence-corrected chi connectivity index (χ1v) is 5.69. The van der Waals surface area contributed by atoms with Gasteiger partial charge in [-0.2, -0.15) is 0 Å². The Morgan fingerprint density at radius 1 is 1.53 bits per heavy atom. The summed E-state index contributed by atoms with van der Waals surface area (Å²) in [6, 6.07) is 0. The van der Waals surface area contributed by atoms with Crippen molar-refractivity contribution in [3.05, 3.63) is 0 Å². The highest BCUT2D eigenvalue weighted by molar-refractivity contribution is 4.85. The largest absolute Gasteiger partial charge is 0.392 e. The number of aliphatic hydroxyl groups excluding tert-OH is 1. The molecule has 1 aliphatic rings. The standard InChI is InChI=1S/C11H24N2O2/c1-13(2)7-10(14)6-11(8-12)4-3-5-15-9-11/h10,14H,3-9,12H2,1-2H3/t10-,11+/m1/s1. The number of nitrogens with two attached hydrogens (primary N) is 1. The molecular weight excluding hydrogens is 192 g/mol. The van der Waals surface area contributed by atoms with Gasteiger partial charge in [0, 0.05) is 25.1 Å². The Labute approximate surface area is 92.4 Å². The highest BCUT2D eigenvalue weighted by Gasteiger charge is 2.33. The van der Waals surface area contributed by atoms with E-state index in [0.717, 1.165) is 25.9 Å². The monoisotopic (exact) mass is 216 g/mol. The molecule has 1 saturated heterocycles. The summed E-state index contributed by atoms with van der Waals surface area (Å²) in [6.45, 7) is 2.85. The second-order valence-electron chi connectivity index (χ2n) is 4.98. The van der Waals surface area contributed by atoms with Crippen molar-refractivity contribution >= 4 is 0 Å². The van der Waals surface area contributed by atoms with Gasteiger partial charge in [-0.25, -0.2) is 0 Å². The van der Waals surface area contributed by atoms with Crippen LogP contribution < -0.4 is 5.73 Å². The van der Waals surface area contributed by atoms with Gasteiger partial charge in [0.25, 0.3) is 0 Å². The average molecular weight is 216 g/mol. The van der Waals surface area contributed by atoms with Crippen LogP contribution in [-0.2, 0) is 4.74 Å². The second kappa shape index (κ2) is 5.80. The topological polar surface area (TPSA) is 58.7 Å². The summed E-state index contributed by atoms with van der Waals surface area (Å²) in [6.07, 6.45) is 2.59. The lowest BCUT2D eigenvalue weighted by Crippen LogP contribution is -2.43. The fraction of sp³-hybridized carbons (Fsp3) is 1.00. The molecule has 1 fully saturated rings. The molecule has 4 nitrogen and oxygen atoms in total. The Hall–Kier alpha value is -0.160. The molecule has 2 atom stereocenters. The zero-order chi connectivity index (χ0) is 11.3. The van der Waals surface area contributed by atoms with Crippen LogP contribution in [0.2, 0.25) is 0 Å². The van der Waals surface area contributed by atoms with E-state index in [1.54, 1.807) is 0 Å². The van der Waals surface area contributed by atoms with Gasteiger partial charge in [-0.3, -0.25) is 0 Å². The van der Waals surface area contributed by atoms with Crippen molar-refractivity contribution in [1.29, 1.82) is 0 Å². The van der Waals surface area contributed by atoms with Crippen LogP contribution in [0.15, 0.2) is 0 Å². The van der Waals surface area contributed by atoms with E-state index in [1.807, 2.05) is 19.0 Å². The highest BCUT2D eigenvalue weighted by atomic mass is 16.5. The van der Waals surface area contributed by atoms with E-state index in [2.05, 4.69) is 0 Å². The lowest BCUT2D eigenvalue weighted by Gasteiger charge is -2.37. The molecule has 1 heterocycles. The quantitative estimate of drug-likeness (QED) is 0.682. The summed E-state index contributed by atoms with van der Waals surface area (Å²) in [5.41, 5.74) is 5.82. The predicted molar refractivity (Wildman–Crippen MR) is 60.7 cm³/mol. The van der Waals surface area contributed by atoms with Crippen molar-refractivity contribution in [2.75, 3.05) is 40.4 Å². The van der Waals surface area contributed by atoms with E-state index in [9.17, 15) is 5.11 Å². The Balaban J connectivity index is 2.43. The molecule has 90 valence electrons. The van der Waals surface area contributed by atoms with E-state index in [1.165, 1.54) is 0 Å². The minimum atomic E-state index is -0.301. The highest BCUT2D eigenvalue weighted by Crippen LogP contribution is 2.32. The van der Waals surface area contributed by atoms with E-state index >= 15 is 0 Å². The Bertz CT molecular complexity index is 179. The third kappa shape index (κ3) is 4.07. The zero-order valence-corrected chi connectivity index (χ0v) is 9.91. The maximum Gasteiger partial charge on any atom is 0.0673 e. The molecule has 0 saturated carbocycles. The van der Waals surface area contributed by atoms with Crippen molar-refractivity contribution in [2.45, 2.75) is 25.4 Å². The van der Waals surface area contributed by atoms with Crippen LogP contribution in [0, 0.1) is 5.41 Å². The summed E-state index contributed by atoms with van der Waals surface area (Å²) in [5.74, 6) is 0. The first-order valence-electron chi connectivity index (χ1n) is 5.69. The Kier molecular flexibility index (Phi) is 4.99. The van der Waals surface area contributed by atoms with Gasteiger partial charge >= 0.3 is 0 Å². The normalized spacial score (nSPS) is 29.4. The summed E-state index contributed by atoms with van der Waals surface area (Å²) >= 11 is 0. The summed E-state index contributed by atoms with van der Waals surface area (Å²) in [7, 11) is 3.94. The molecular formula is C11H24N2O2. The fourth-order valence-electron chi connectivity index (χ4n) is 2.30. The summed E-state index contributed by atoms with van der Waals surface area (Å²) < 4.78 is 5.48. The minimum absolute atomic E-state index is 0.00762. The Morgan fingerprint density at radius 2 is 2.27 bits per heavy atom. The predicted octanol–water partition coefficient (Wildman–Crippen LogP) is 0.0545. The fourth-order valence-corrected chi connectivity index (χ4v) is 2.30. The van der Waals surface area contributed by atoms with Crippen LogP contribution in [0.4, 0.5) is 0 Å². The van der Waals surface area contributed by atoms with Gasteiger partial charge in [0.05, 0.1) is 12.7 Å². The molecule has 0 amide bonds. The first kappa shape index (κ1) is 12.9. The summed E-state index contributed by atoms with van der Waals surface area (Å²) in [5, 5.41) is 9.92. The SMILES string of the molecule is CN(C)C[C@H](O)C[C@]1(CN)CCCOC1. The number of likely N-dealkylation sites (N-methyl/N-ethyl adjacent to an activating group) is 1. The van der Waals surface area contributed by atoms with Crippen molar-refractivity contribution in [3.63, 3.8) is 0 Å². The van der Waals surface area contributed by atoms with Crippen LogP contribution in [-0.4, -0.2) is 56.5 Å². The lowest BCUT2D eigenvalue weighted by atomic mass is 9.78. The zero-order valence-electron chi connectivity index (χ0n) is 9.91. The average Bonchev–Trinajstić information content (AvgIpc) is 2.17. The van der Waals surface area contributed by atoms with Crippen molar-refractivity contribution in [3.8, 4) is 0 Å². The van der Waals surface area contributed by atoms with E-state index in [-0.39, 0.29) is 11.5 Å². The third-order valence-corrected chi connectivity index (χ3v) is 3.08. The molecule has 0 aromatic carbocycles. The van der Waals surface area contributed by atoms with Gasteiger partial charge in [-0.15, -0.1) is 0 Å². The minimum Gasteiger partial charge on any atom is -0.392 e. The van der Waals surface area contributed by atoms with Crippen LogP contribution in [0.25, 0.3) is 0 Å². The molecule has 3 N–H and O–H groups in total. The maximum absolute atomic E-state index is 9.92. The molecule has 0 unspecified atom stereocenters. The lowest BCUT2D eigenvalue weighted by molar-refractivity contribution is -0.0333. The molecule has 1 aliphatic heterocycles. The van der Waals surface area contributed by atoms with Crippen LogP contribution in [0.5, 0.6) is 0 Å². The third-order valence-electron chi connectivity index (χ3n) is 3.08. The van der Waals surface area contributed by atoms with Gasteiger partial charge in [0.2, 0.25) is 0 Å². The van der Waals surface area contributed by atoms with Gasteiger partial charge < -0.3 is 20.5 Å². The van der Waals surface area contributed by atoms with E-state index in [4.69, 9.17) is 10.5 Å². The number of hydrogen-bond donors (Lipinski definition) is 2. The van der Waals surface area contributed by atoms with Crippen molar-refractivity contribution < 1.29 is 9.84 Å². The number of nitrogens with zero attached hydrogens (tertiary/aromatic N) is 1. The van der Waals surface area contributed by atoms with E-state index < -0.39 is 0 Å².